The van der Waals surface area contributed by atoms with E-state index in [2.05, 4.69) is 273 Å². The van der Waals surface area contributed by atoms with Crippen molar-refractivity contribution in [2.75, 3.05) is 0 Å². The lowest BCUT2D eigenvalue weighted by Gasteiger charge is -2.09. The van der Waals surface area contributed by atoms with Crippen LogP contribution in [-0.2, 0) is 0 Å². The molecule has 0 unspecified atom stereocenters. The number of pyridine rings is 1. The standard InChI is InChI=1S/C18H12.C16H10.C14H10.C10H8.C6H6.C5H5N.C4H4N2.C3H3N3.23C2H6.2CH4/c1-2-8-14-13(7-1)15-9-3-4-11-17(15)18-12-6-5-10-16(14)18;1-3-11-7-9-13-5-2-6-14-10-8-12(4-1)15(11)16(13)14;1-3-7-13-11(5-1)9-10-12-6-2-4-8-14(12)13;1-2-6-10-8-4-3-7-9(10)5-1;3*1-2-4-6-5-3-1;1-4-2-6-3-5-1;23*1-2;;/h1-12H;1-10H;1-10H;1-8H;1-6H;1-5H;1-4H;1-3H;23*1-2H3;2*1H4. The summed E-state index contributed by atoms with van der Waals surface area (Å²) in [7, 11) is 0. The normalized spacial score (nSPS) is 7.49. The van der Waals surface area contributed by atoms with E-state index in [9.17, 15) is 0 Å². The molecule has 17 rings (SSSR count). The van der Waals surface area contributed by atoms with Crippen LogP contribution < -0.4 is 0 Å². The largest absolute Gasteiger partial charge is 0.265 e. The average Bonchev–Trinajstić information content (AvgIpc) is 0.756. The van der Waals surface area contributed by atoms with Gasteiger partial charge in [-0.2, -0.15) is 10.2 Å². The first kappa shape index (κ1) is 156. The predicted molar refractivity (Wildman–Crippen MR) is 622 cm³/mol. The minimum Gasteiger partial charge on any atom is -0.265 e. The Kier molecular flexibility index (Phi) is 169. The smallest absolute Gasteiger partial charge is 0.119 e. The first-order valence-electron chi connectivity index (χ1n) is 50.1. The van der Waals surface area contributed by atoms with Gasteiger partial charge in [0.1, 0.15) is 19.0 Å². The summed E-state index contributed by atoms with van der Waals surface area (Å²) in [5, 5.41) is 31.2. The molecule has 17 aromatic rings. The molecule has 0 aliphatic rings. The summed E-state index contributed by atoms with van der Waals surface area (Å²) in [5.74, 6) is 0. The third kappa shape index (κ3) is 70.8. The fourth-order valence-corrected chi connectivity index (χ4v) is 9.77. The van der Waals surface area contributed by atoms with Gasteiger partial charge in [-0.25, -0.2) is 15.0 Å². The molecule has 0 saturated heterocycles. The Labute approximate surface area is 808 Å². The Bertz CT molecular complexity index is 3940. The topological polar surface area (TPSA) is 77.3 Å². The number of hydrogen-bond donors (Lipinski definition) is 0. The fourth-order valence-electron chi connectivity index (χ4n) is 9.77. The van der Waals surface area contributed by atoms with E-state index in [4.69, 9.17) is 0 Å². The molecule has 6 heteroatoms. The highest BCUT2D eigenvalue weighted by molar-refractivity contribution is 6.25. The molecule has 0 bridgehead atoms. The Morgan fingerprint density at radius 2 is 0.262 bits per heavy atom. The van der Waals surface area contributed by atoms with Gasteiger partial charge in [0.15, 0.2) is 0 Å². The summed E-state index contributed by atoms with van der Waals surface area (Å²) in [6.45, 7) is 92.0. The van der Waals surface area contributed by atoms with Gasteiger partial charge >= 0.3 is 0 Å². The summed E-state index contributed by atoms with van der Waals surface area (Å²) in [6, 6.07) is 107. The van der Waals surface area contributed by atoms with Crippen LogP contribution in [0.3, 0.4) is 0 Å². The van der Waals surface area contributed by atoms with Crippen molar-refractivity contribution in [1.29, 1.82) is 0 Å². The van der Waals surface area contributed by atoms with Crippen LogP contribution in [0.5, 0.6) is 0 Å². The Morgan fingerprint density at radius 3 is 0.415 bits per heavy atom. The van der Waals surface area contributed by atoms with Crippen molar-refractivity contribution in [3.8, 4) is 0 Å². The molecule has 0 saturated carbocycles. The third-order valence-electron chi connectivity index (χ3n) is 13.5. The van der Waals surface area contributed by atoms with Gasteiger partial charge in [-0.1, -0.05) is 618 Å². The first-order chi connectivity index (χ1) is 63.8. The minimum absolute atomic E-state index is 0. The van der Waals surface area contributed by atoms with Crippen molar-refractivity contribution in [2.24, 2.45) is 0 Å². The lowest BCUT2D eigenvalue weighted by molar-refractivity contribution is 1.03. The Morgan fingerprint density at radius 1 is 0.115 bits per heavy atom. The molecule has 0 radical (unpaired) electrons. The van der Waals surface area contributed by atoms with Crippen LogP contribution in [-0.4, -0.2) is 30.1 Å². The van der Waals surface area contributed by atoms with Crippen LogP contribution in [0.4, 0.5) is 0 Å². The molecule has 130 heavy (non-hydrogen) atoms. The number of benzene rings is 14. The molecular weight excluding hydrogens is 1570 g/mol. The van der Waals surface area contributed by atoms with Gasteiger partial charge in [0.05, 0.1) is 0 Å². The van der Waals surface area contributed by atoms with Crippen LogP contribution in [0.2, 0.25) is 0 Å². The van der Waals surface area contributed by atoms with E-state index in [0.29, 0.717) is 0 Å². The van der Waals surface area contributed by atoms with Crippen LogP contribution in [0.1, 0.15) is 333 Å². The lowest BCUT2D eigenvalue weighted by Crippen LogP contribution is -1.82. The minimum atomic E-state index is 0. The molecule has 0 N–H and O–H groups in total. The average molecular weight is 1780 g/mol. The summed E-state index contributed by atoms with van der Waals surface area (Å²) in [6.07, 6.45) is 11.1. The van der Waals surface area contributed by atoms with Gasteiger partial charge in [0, 0.05) is 24.8 Å². The highest BCUT2D eigenvalue weighted by Crippen LogP contribution is 2.36. The molecule has 730 valence electrons. The summed E-state index contributed by atoms with van der Waals surface area (Å²) in [4.78, 5) is 14.5. The summed E-state index contributed by atoms with van der Waals surface area (Å²) < 4.78 is 0. The van der Waals surface area contributed by atoms with Gasteiger partial charge in [0.2, 0.25) is 0 Å². The Balaban J connectivity index is -0.0000000779. The number of nitrogens with zero attached hydrogens (tertiary/aromatic N) is 6. The maximum atomic E-state index is 3.78. The lowest BCUT2D eigenvalue weighted by atomic mass is 9.95. The first-order valence-corrected chi connectivity index (χ1v) is 50.1. The van der Waals surface area contributed by atoms with Crippen LogP contribution >= 0.6 is 0 Å². The van der Waals surface area contributed by atoms with E-state index < -0.39 is 0 Å². The highest BCUT2D eigenvalue weighted by atomic mass is 15.1. The zero-order valence-corrected chi connectivity index (χ0v) is 91.2. The van der Waals surface area contributed by atoms with Gasteiger partial charge in [-0.3, -0.25) is 4.98 Å². The SMILES string of the molecule is C.C.CC.CC.CC.CC.CC.CC.CC.CC.CC.CC.CC.CC.CC.CC.CC.CC.CC.CC.CC.CC.CC.CC.CC.c1cc2ccc3cccc4ccc(c1)c2c34.c1ccc2c(c1)c1ccccc1c1ccccc21.c1ccc2c(c1)ccc1ccccc12.c1ccc2ccccc2c1.c1ccccc1.c1ccncc1.c1ccnnc1.c1ncncn1. The molecule has 3 aromatic heterocycles. The van der Waals surface area contributed by atoms with Crippen LogP contribution in [0, 0.1) is 0 Å². The van der Waals surface area contributed by atoms with E-state index in [0.717, 1.165) is 0 Å². The van der Waals surface area contributed by atoms with E-state index in [1.165, 1.54) is 116 Å². The van der Waals surface area contributed by atoms with Crippen molar-refractivity contribution in [2.45, 2.75) is 333 Å². The van der Waals surface area contributed by atoms with Gasteiger partial charge in [0.25, 0.3) is 0 Å². The molecule has 6 nitrogen and oxygen atoms in total. The highest BCUT2D eigenvalue weighted by Gasteiger charge is 2.08. The van der Waals surface area contributed by atoms with E-state index >= 15 is 0 Å². The van der Waals surface area contributed by atoms with E-state index in [-0.39, 0.29) is 14.9 Å². The number of fused-ring (bicyclic) bond motifs is 10. The number of hydrogen-bond acceptors (Lipinski definition) is 6. The molecule has 14 aromatic carbocycles. The molecule has 0 spiro atoms. The molecule has 0 atom stereocenters. The predicted octanol–water partition coefficient (Wildman–Crippen LogP) is 44.6. The van der Waals surface area contributed by atoms with Crippen molar-refractivity contribution >= 4 is 97.0 Å². The summed E-state index contributed by atoms with van der Waals surface area (Å²) >= 11 is 0. The zero-order valence-electron chi connectivity index (χ0n) is 91.2. The fraction of sp³-hybridized carbons (Fsp3) is 0.387. The summed E-state index contributed by atoms with van der Waals surface area (Å²) in [5.41, 5.74) is 0. The van der Waals surface area contributed by atoms with Gasteiger partial charge < -0.3 is 0 Å². The second kappa shape index (κ2) is 141. The van der Waals surface area contributed by atoms with Crippen molar-refractivity contribution in [3.63, 3.8) is 0 Å². The molecule has 0 aliphatic heterocycles. The monoisotopic (exact) mass is 1780 g/mol. The molecule has 0 amide bonds. The van der Waals surface area contributed by atoms with Gasteiger partial charge in [-0.05, 0) is 121 Å². The number of rotatable bonds is 0. The second-order valence-corrected chi connectivity index (χ2v) is 18.7. The molecule has 3 heterocycles. The van der Waals surface area contributed by atoms with Crippen LogP contribution in [0.15, 0.2) is 353 Å². The number of aromatic nitrogens is 6. The molecular formula is C124H204N6. The van der Waals surface area contributed by atoms with Crippen molar-refractivity contribution in [1.82, 2.24) is 30.1 Å². The van der Waals surface area contributed by atoms with E-state index in [1.54, 1.807) is 24.8 Å². The maximum absolute atomic E-state index is 3.78. The van der Waals surface area contributed by atoms with Crippen LogP contribution in [0.25, 0.3) is 97.0 Å². The molecule has 0 aliphatic carbocycles. The van der Waals surface area contributed by atoms with Crippen molar-refractivity contribution < 1.29 is 0 Å². The van der Waals surface area contributed by atoms with Crippen molar-refractivity contribution in [3.05, 3.63) is 353 Å². The Hall–Kier alpha value is -11.1. The quantitative estimate of drug-likeness (QED) is 0.141. The third-order valence-corrected chi connectivity index (χ3v) is 13.5. The van der Waals surface area contributed by atoms with E-state index in [1.807, 2.05) is 385 Å². The zero-order chi connectivity index (χ0) is 102. The van der Waals surface area contributed by atoms with Gasteiger partial charge in [-0.15, -0.1) is 0 Å². The molecule has 0 fully saturated rings. The maximum Gasteiger partial charge on any atom is 0.119 e. The second-order valence-electron chi connectivity index (χ2n) is 18.7.